The molecule has 0 heterocycles. The quantitative estimate of drug-likeness (QED) is 0.211. The SMILES string of the molecule is C#CCCCCOCCOCCOCCOCCP(=O)(F)OCC. The first-order valence-electron chi connectivity index (χ1n) is 8.30. The van der Waals surface area contributed by atoms with Gasteiger partial charge in [-0.2, -0.15) is 4.20 Å². The zero-order chi connectivity index (χ0) is 17.9. The van der Waals surface area contributed by atoms with Crippen molar-refractivity contribution in [1.29, 1.82) is 0 Å². The molecule has 0 aromatic carbocycles. The number of terminal acetylenes is 1. The van der Waals surface area contributed by atoms with E-state index in [0.717, 1.165) is 19.3 Å². The molecule has 142 valence electrons. The molecule has 0 radical (unpaired) electrons. The molecule has 0 aliphatic heterocycles. The molecule has 0 aromatic rings. The molecule has 0 aliphatic rings. The topological polar surface area (TPSA) is 63.2 Å². The van der Waals surface area contributed by atoms with Gasteiger partial charge in [0, 0.05) is 13.0 Å². The van der Waals surface area contributed by atoms with E-state index < -0.39 is 7.68 Å². The maximum Gasteiger partial charge on any atom is 0.369 e. The highest BCUT2D eigenvalue weighted by Crippen LogP contribution is 2.47. The fourth-order valence-corrected chi connectivity index (χ4v) is 2.49. The Balaban J connectivity index is 3.13. The van der Waals surface area contributed by atoms with Crippen LogP contribution in [0.2, 0.25) is 0 Å². The van der Waals surface area contributed by atoms with E-state index in [1.807, 2.05) is 0 Å². The molecule has 0 spiro atoms. The second-order valence-electron chi connectivity index (χ2n) is 4.84. The zero-order valence-electron chi connectivity index (χ0n) is 14.5. The van der Waals surface area contributed by atoms with Crippen molar-refractivity contribution in [2.75, 3.05) is 65.6 Å². The normalized spacial score (nSPS) is 13.5. The van der Waals surface area contributed by atoms with Gasteiger partial charge in [0.2, 0.25) is 0 Å². The van der Waals surface area contributed by atoms with Crippen LogP contribution in [0.1, 0.15) is 26.2 Å². The minimum absolute atomic E-state index is 0.0479. The summed E-state index contributed by atoms with van der Waals surface area (Å²) >= 11 is 0. The zero-order valence-corrected chi connectivity index (χ0v) is 15.4. The van der Waals surface area contributed by atoms with Crippen LogP contribution in [0.3, 0.4) is 0 Å². The first kappa shape index (κ1) is 23.5. The Morgan fingerprint density at radius 1 is 0.875 bits per heavy atom. The van der Waals surface area contributed by atoms with Crippen molar-refractivity contribution >= 4 is 7.68 Å². The summed E-state index contributed by atoms with van der Waals surface area (Å²) in [5.41, 5.74) is 0. The molecule has 24 heavy (non-hydrogen) atoms. The van der Waals surface area contributed by atoms with E-state index in [1.165, 1.54) is 0 Å². The number of rotatable bonds is 18. The fraction of sp³-hybridized carbons (Fsp3) is 0.875. The molecule has 1 atom stereocenters. The molecule has 0 aromatic heterocycles. The van der Waals surface area contributed by atoms with Gasteiger partial charge < -0.3 is 23.5 Å². The first-order valence-corrected chi connectivity index (χ1v) is 10.00. The molecule has 0 saturated carbocycles. The lowest BCUT2D eigenvalue weighted by Crippen LogP contribution is -2.13. The van der Waals surface area contributed by atoms with Crippen molar-refractivity contribution in [3.05, 3.63) is 0 Å². The molecular weight excluding hydrogens is 338 g/mol. The van der Waals surface area contributed by atoms with Crippen molar-refractivity contribution < 1.29 is 32.2 Å². The Kier molecular flexibility index (Phi) is 17.0. The van der Waals surface area contributed by atoms with Crippen LogP contribution in [0, 0.1) is 12.3 Å². The Labute approximate surface area is 144 Å². The van der Waals surface area contributed by atoms with Crippen LogP contribution >= 0.6 is 7.68 Å². The van der Waals surface area contributed by atoms with E-state index >= 15 is 0 Å². The summed E-state index contributed by atoms with van der Waals surface area (Å²) in [6.45, 7) is 5.13. The van der Waals surface area contributed by atoms with Gasteiger partial charge in [0.15, 0.2) is 0 Å². The minimum atomic E-state index is -3.99. The van der Waals surface area contributed by atoms with E-state index in [1.54, 1.807) is 6.92 Å². The van der Waals surface area contributed by atoms with Crippen LogP contribution in [0.25, 0.3) is 0 Å². The highest BCUT2D eigenvalue weighted by atomic mass is 31.2. The maximum atomic E-state index is 13.2. The Hall–Kier alpha value is -0.480. The third-order valence-corrected chi connectivity index (χ3v) is 4.16. The van der Waals surface area contributed by atoms with Crippen LogP contribution in [0.15, 0.2) is 0 Å². The Morgan fingerprint density at radius 3 is 1.88 bits per heavy atom. The van der Waals surface area contributed by atoms with Gasteiger partial charge in [0.25, 0.3) is 0 Å². The second kappa shape index (κ2) is 17.3. The average molecular weight is 368 g/mol. The standard InChI is InChI=1S/C16H30FO6P/c1-3-5-6-7-8-19-9-10-20-11-12-21-13-14-22-15-16-24(17,18)23-4-2/h1H,4-16H2,2H3. The predicted octanol–water partition coefficient (Wildman–Crippen LogP) is 3.06. The summed E-state index contributed by atoms with van der Waals surface area (Å²) in [6, 6.07) is 0. The van der Waals surface area contributed by atoms with Gasteiger partial charge in [-0.3, -0.25) is 4.57 Å². The van der Waals surface area contributed by atoms with Crippen molar-refractivity contribution in [1.82, 2.24) is 0 Å². The van der Waals surface area contributed by atoms with E-state index in [2.05, 4.69) is 10.4 Å². The number of hydrogen-bond donors (Lipinski definition) is 0. The van der Waals surface area contributed by atoms with E-state index in [4.69, 9.17) is 25.4 Å². The van der Waals surface area contributed by atoms with E-state index in [-0.39, 0.29) is 19.4 Å². The minimum Gasteiger partial charge on any atom is -0.379 e. The third-order valence-electron chi connectivity index (χ3n) is 2.80. The van der Waals surface area contributed by atoms with Crippen molar-refractivity contribution in [2.24, 2.45) is 0 Å². The third kappa shape index (κ3) is 17.9. The number of ether oxygens (including phenoxy) is 4. The summed E-state index contributed by atoms with van der Waals surface area (Å²) in [5.74, 6) is 2.59. The molecule has 0 N–H and O–H groups in total. The summed E-state index contributed by atoms with van der Waals surface area (Å²) in [4.78, 5) is 0. The molecule has 0 fully saturated rings. The summed E-state index contributed by atoms with van der Waals surface area (Å²) < 4.78 is 49.9. The van der Waals surface area contributed by atoms with E-state index in [9.17, 15) is 8.76 Å². The first-order chi connectivity index (χ1) is 11.6. The Morgan fingerprint density at radius 2 is 1.38 bits per heavy atom. The largest absolute Gasteiger partial charge is 0.379 e. The van der Waals surface area contributed by atoms with Gasteiger partial charge in [-0.05, 0) is 19.8 Å². The summed E-state index contributed by atoms with van der Waals surface area (Å²) in [6.07, 6.45) is 7.67. The van der Waals surface area contributed by atoms with Crippen LogP contribution in [0.5, 0.6) is 0 Å². The number of hydrogen-bond acceptors (Lipinski definition) is 6. The predicted molar refractivity (Wildman–Crippen MR) is 91.2 cm³/mol. The van der Waals surface area contributed by atoms with Crippen molar-refractivity contribution in [3.8, 4) is 12.3 Å². The molecule has 1 unspecified atom stereocenters. The molecule has 0 aliphatic carbocycles. The average Bonchev–Trinajstić information content (AvgIpc) is 2.54. The second-order valence-corrected chi connectivity index (χ2v) is 6.73. The molecular formula is C16H30FO6P. The highest BCUT2D eigenvalue weighted by Gasteiger charge is 2.20. The van der Waals surface area contributed by atoms with Crippen LogP contribution in [0.4, 0.5) is 4.20 Å². The molecule has 0 bridgehead atoms. The highest BCUT2D eigenvalue weighted by molar-refractivity contribution is 7.53. The Bertz CT molecular complexity index is 361. The smallest absolute Gasteiger partial charge is 0.369 e. The molecule has 0 rings (SSSR count). The lowest BCUT2D eigenvalue weighted by Gasteiger charge is -2.09. The lowest BCUT2D eigenvalue weighted by molar-refractivity contribution is -0.000811. The maximum absolute atomic E-state index is 13.2. The van der Waals surface area contributed by atoms with Gasteiger partial charge in [-0.25, -0.2) is 0 Å². The van der Waals surface area contributed by atoms with Crippen LogP contribution in [-0.2, 0) is 28.0 Å². The van der Waals surface area contributed by atoms with Crippen molar-refractivity contribution in [3.63, 3.8) is 0 Å². The summed E-state index contributed by atoms with van der Waals surface area (Å²) in [5, 5.41) is 0. The van der Waals surface area contributed by atoms with Crippen LogP contribution in [-0.4, -0.2) is 65.6 Å². The number of halogens is 1. The molecule has 6 nitrogen and oxygen atoms in total. The van der Waals surface area contributed by atoms with Gasteiger partial charge in [-0.15, -0.1) is 12.3 Å². The molecule has 8 heteroatoms. The van der Waals surface area contributed by atoms with Gasteiger partial charge in [0.1, 0.15) is 0 Å². The number of unbranched alkanes of at least 4 members (excludes halogenated alkanes) is 2. The van der Waals surface area contributed by atoms with Gasteiger partial charge in [-0.1, -0.05) is 0 Å². The fourth-order valence-electron chi connectivity index (χ4n) is 1.62. The lowest BCUT2D eigenvalue weighted by atomic mass is 10.2. The van der Waals surface area contributed by atoms with Gasteiger partial charge >= 0.3 is 7.68 Å². The summed E-state index contributed by atoms with van der Waals surface area (Å²) in [7, 11) is -3.99. The van der Waals surface area contributed by atoms with Gasteiger partial charge in [0.05, 0.1) is 59.0 Å². The van der Waals surface area contributed by atoms with Crippen LogP contribution < -0.4 is 0 Å². The van der Waals surface area contributed by atoms with Crippen molar-refractivity contribution in [2.45, 2.75) is 26.2 Å². The molecule has 0 saturated heterocycles. The van der Waals surface area contributed by atoms with E-state index in [0.29, 0.717) is 46.2 Å². The monoisotopic (exact) mass is 368 g/mol. The molecule has 0 amide bonds.